The second-order valence-corrected chi connectivity index (χ2v) is 7.52. The van der Waals surface area contributed by atoms with Gasteiger partial charge in [-0.2, -0.15) is 0 Å². The molecule has 0 radical (unpaired) electrons. The number of hydrogen-bond donors (Lipinski definition) is 1. The summed E-state index contributed by atoms with van der Waals surface area (Å²) in [5, 5.41) is 2.99. The van der Waals surface area contributed by atoms with Crippen molar-refractivity contribution in [1.82, 2.24) is 5.32 Å². The lowest BCUT2D eigenvalue weighted by Gasteiger charge is -2.20. The minimum atomic E-state index is -0.513. The molecule has 30 heavy (non-hydrogen) atoms. The fraction of sp³-hybridized carbons (Fsp3) is 0.480. The molecule has 5 heteroatoms. The molecule has 1 aliphatic rings. The van der Waals surface area contributed by atoms with Crippen LogP contribution >= 0.6 is 0 Å². The van der Waals surface area contributed by atoms with Gasteiger partial charge in [0, 0.05) is 6.54 Å². The van der Waals surface area contributed by atoms with E-state index in [4.69, 9.17) is 14.2 Å². The van der Waals surface area contributed by atoms with Crippen molar-refractivity contribution in [1.29, 1.82) is 0 Å². The zero-order valence-electron chi connectivity index (χ0n) is 18.3. The molecule has 0 saturated carbocycles. The third kappa shape index (κ3) is 5.68. The number of nitrogens with one attached hydrogen (secondary N) is 1. The molecule has 2 aromatic rings. The van der Waals surface area contributed by atoms with Crippen molar-refractivity contribution < 1.29 is 19.0 Å². The molecule has 0 aromatic heterocycles. The van der Waals surface area contributed by atoms with Gasteiger partial charge in [0.15, 0.2) is 17.6 Å². The predicted octanol–water partition coefficient (Wildman–Crippen LogP) is 4.84. The van der Waals surface area contributed by atoms with Crippen molar-refractivity contribution >= 4 is 5.91 Å². The number of benzene rings is 2. The average Bonchev–Trinajstić information content (AvgIpc) is 2.77. The van der Waals surface area contributed by atoms with Gasteiger partial charge in [-0.25, -0.2) is 0 Å². The summed E-state index contributed by atoms with van der Waals surface area (Å²) in [6.07, 6.45) is 4.80. The van der Waals surface area contributed by atoms with Crippen molar-refractivity contribution in [2.24, 2.45) is 0 Å². The lowest BCUT2D eigenvalue weighted by Crippen LogP contribution is -2.37. The van der Waals surface area contributed by atoms with Gasteiger partial charge in [0.2, 0.25) is 0 Å². The van der Waals surface area contributed by atoms with Crippen LogP contribution < -0.4 is 19.5 Å². The molecule has 0 bridgehead atoms. The highest BCUT2D eigenvalue weighted by atomic mass is 16.5. The normalized spacial score (nSPS) is 13.8. The number of hydrogen-bond acceptors (Lipinski definition) is 4. The molecule has 3 rings (SSSR count). The highest BCUT2D eigenvalue weighted by Crippen LogP contribution is 2.29. The second-order valence-electron chi connectivity index (χ2n) is 7.52. The number of fused-ring (bicyclic) bond motifs is 1. The van der Waals surface area contributed by atoms with Gasteiger partial charge in [0.25, 0.3) is 5.91 Å². The summed E-state index contributed by atoms with van der Waals surface area (Å²) in [6.45, 7) is 7.39. The second kappa shape index (κ2) is 10.9. The van der Waals surface area contributed by atoms with Crippen molar-refractivity contribution in [2.75, 3.05) is 13.2 Å². The van der Waals surface area contributed by atoms with Gasteiger partial charge >= 0.3 is 0 Å². The maximum atomic E-state index is 12.7. The summed E-state index contributed by atoms with van der Waals surface area (Å²) in [5.41, 5.74) is 3.72. The van der Waals surface area contributed by atoms with E-state index in [1.165, 1.54) is 24.0 Å². The number of aryl methyl sites for hydroxylation is 2. The van der Waals surface area contributed by atoms with Crippen LogP contribution in [-0.2, 0) is 24.2 Å². The lowest BCUT2D eigenvalue weighted by molar-refractivity contribution is -0.128. The summed E-state index contributed by atoms with van der Waals surface area (Å²) in [4.78, 5) is 12.7. The predicted molar refractivity (Wildman–Crippen MR) is 118 cm³/mol. The number of carbonyl (C=O) groups excluding carboxylic acids is 1. The minimum absolute atomic E-state index is 0.109. The third-order valence-electron chi connectivity index (χ3n) is 5.34. The molecule has 0 spiro atoms. The Bertz CT molecular complexity index is 849. The van der Waals surface area contributed by atoms with Crippen molar-refractivity contribution in [3.8, 4) is 17.2 Å². The molecule has 1 N–H and O–H groups in total. The van der Waals surface area contributed by atoms with Crippen LogP contribution in [0.15, 0.2) is 36.4 Å². The highest BCUT2D eigenvalue weighted by molar-refractivity contribution is 5.81. The van der Waals surface area contributed by atoms with Crippen molar-refractivity contribution in [3.05, 3.63) is 53.1 Å². The first-order chi connectivity index (χ1) is 14.6. The lowest BCUT2D eigenvalue weighted by atomic mass is 9.92. The fourth-order valence-electron chi connectivity index (χ4n) is 3.78. The van der Waals surface area contributed by atoms with Gasteiger partial charge in [-0.15, -0.1) is 0 Å². The van der Waals surface area contributed by atoms with Crippen LogP contribution in [0.25, 0.3) is 0 Å². The molecular weight excluding hydrogens is 378 g/mol. The molecule has 5 nitrogen and oxygen atoms in total. The smallest absolute Gasteiger partial charge is 0.261 e. The fourth-order valence-corrected chi connectivity index (χ4v) is 3.78. The summed E-state index contributed by atoms with van der Waals surface area (Å²) in [6, 6.07) is 12.0. The molecule has 1 amide bonds. The molecule has 0 saturated heterocycles. The first kappa shape index (κ1) is 22.0. The number of rotatable bonds is 10. The van der Waals surface area contributed by atoms with E-state index in [2.05, 4.69) is 17.4 Å². The summed E-state index contributed by atoms with van der Waals surface area (Å²) in [5.74, 6) is 2.08. The molecular formula is C25H33NO4. The van der Waals surface area contributed by atoms with Gasteiger partial charge in [-0.3, -0.25) is 4.79 Å². The molecule has 1 atom stereocenters. The topological polar surface area (TPSA) is 56.8 Å². The Hall–Kier alpha value is -2.69. The number of amides is 1. The largest absolute Gasteiger partial charge is 0.490 e. The maximum absolute atomic E-state index is 12.7. The molecule has 0 heterocycles. The Morgan fingerprint density at radius 3 is 2.40 bits per heavy atom. The SMILES string of the molecule is CCOc1ccc(CNC(=O)C(CC)Oc2ccc3c(c2)CCCC3)cc1OCC. The Kier molecular flexibility index (Phi) is 8.00. The Morgan fingerprint density at radius 2 is 1.67 bits per heavy atom. The summed E-state index contributed by atoms with van der Waals surface area (Å²) in [7, 11) is 0. The Labute approximate surface area is 179 Å². The van der Waals surface area contributed by atoms with Crippen LogP contribution in [0.2, 0.25) is 0 Å². The van der Waals surface area contributed by atoms with E-state index in [0.29, 0.717) is 31.9 Å². The monoisotopic (exact) mass is 411 g/mol. The molecule has 162 valence electrons. The van der Waals surface area contributed by atoms with Crippen LogP contribution in [0.5, 0.6) is 17.2 Å². The van der Waals surface area contributed by atoms with Crippen LogP contribution in [0.3, 0.4) is 0 Å². The Morgan fingerprint density at radius 1 is 0.933 bits per heavy atom. The van der Waals surface area contributed by atoms with E-state index in [1.807, 2.05) is 45.0 Å². The highest BCUT2D eigenvalue weighted by Gasteiger charge is 2.19. The quantitative estimate of drug-likeness (QED) is 0.608. The number of ether oxygens (including phenoxy) is 3. The van der Waals surface area contributed by atoms with Crippen molar-refractivity contribution in [3.63, 3.8) is 0 Å². The molecule has 1 unspecified atom stereocenters. The first-order valence-electron chi connectivity index (χ1n) is 11.1. The van der Waals surface area contributed by atoms with E-state index < -0.39 is 6.10 Å². The maximum Gasteiger partial charge on any atom is 0.261 e. The molecule has 0 aliphatic heterocycles. The van der Waals surface area contributed by atoms with E-state index >= 15 is 0 Å². The van der Waals surface area contributed by atoms with Gasteiger partial charge in [0.05, 0.1) is 13.2 Å². The summed E-state index contributed by atoms with van der Waals surface area (Å²) >= 11 is 0. The van der Waals surface area contributed by atoms with E-state index in [1.54, 1.807) is 0 Å². The van der Waals surface area contributed by atoms with Gasteiger partial charge in [0.1, 0.15) is 5.75 Å². The average molecular weight is 412 g/mol. The number of carbonyl (C=O) groups is 1. The first-order valence-corrected chi connectivity index (χ1v) is 11.1. The van der Waals surface area contributed by atoms with Crippen LogP contribution in [0, 0.1) is 0 Å². The van der Waals surface area contributed by atoms with Gasteiger partial charge in [-0.1, -0.05) is 19.1 Å². The van der Waals surface area contributed by atoms with Gasteiger partial charge in [-0.05, 0) is 86.9 Å². The molecule has 1 aliphatic carbocycles. The zero-order chi connectivity index (χ0) is 21.3. The molecule has 0 fully saturated rings. The van der Waals surface area contributed by atoms with E-state index in [9.17, 15) is 4.79 Å². The van der Waals surface area contributed by atoms with Gasteiger partial charge < -0.3 is 19.5 Å². The van der Waals surface area contributed by atoms with Crippen LogP contribution in [0.1, 0.15) is 56.7 Å². The van der Waals surface area contributed by atoms with E-state index in [-0.39, 0.29) is 5.91 Å². The standard InChI is InChI=1S/C25H33NO4/c1-4-22(30-21-13-12-19-9-7-8-10-20(19)16-21)25(27)26-17-18-11-14-23(28-5-2)24(15-18)29-6-3/h11-16,22H,4-10,17H2,1-3H3,(H,26,27). The van der Waals surface area contributed by atoms with Crippen LogP contribution in [-0.4, -0.2) is 25.2 Å². The third-order valence-corrected chi connectivity index (χ3v) is 5.34. The molecule has 2 aromatic carbocycles. The van der Waals surface area contributed by atoms with E-state index in [0.717, 1.165) is 29.9 Å². The minimum Gasteiger partial charge on any atom is -0.490 e. The summed E-state index contributed by atoms with van der Waals surface area (Å²) < 4.78 is 17.3. The van der Waals surface area contributed by atoms with Crippen LogP contribution in [0.4, 0.5) is 0 Å². The van der Waals surface area contributed by atoms with Crippen molar-refractivity contribution in [2.45, 2.75) is 65.5 Å². The Balaban J connectivity index is 1.60. The zero-order valence-corrected chi connectivity index (χ0v) is 18.3.